The van der Waals surface area contributed by atoms with Crippen molar-refractivity contribution >= 4 is 34.3 Å². The van der Waals surface area contributed by atoms with Crippen LogP contribution in [0, 0.1) is 11.3 Å². The minimum atomic E-state index is 0.0217. The van der Waals surface area contributed by atoms with Gasteiger partial charge in [-0.25, -0.2) is 4.98 Å². The molecule has 1 aromatic heterocycles. The molecule has 1 fully saturated rings. The molecular formula is C25H24N4O3S. The number of nitrogens with one attached hydrogen (secondary N) is 2. The van der Waals surface area contributed by atoms with Crippen molar-refractivity contribution in [2.75, 3.05) is 24.3 Å². The van der Waals surface area contributed by atoms with Gasteiger partial charge >= 0.3 is 0 Å². The number of hydrogen-bond donors (Lipinski definition) is 2. The molecule has 0 radical (unpaired) electrons. The third kappa shape index (κ3) is 5.11. The van der Waals surface area contributed by atoms with Gasteiger partial charge in [-0.1, -0.05) is 18.2 Å². The van der Waals surface area contributed by atoms with Crippen LogP contribution in [0.5, 0.6) is 5.75 Å². The summed E-state index contributed by atoms with van der Waals surface area (Å²) in [4.78, 5) is 17.1. The molecule has 2 aliphatic rings. The van der Waals surface area contributed by atoms with Gasteiger partial charge in [0.25, 0.3) is 0 Å². The Morgan fingerprint density at radius 2 is 2.18 bits per heavy atom. The predicted octanol–water partition coefficient (Wildman–Crippen LogP) is 3.87. The van der Waals surface area contributed by atoms with E-state index in [4.69, 9.17) is 14.7 Å². The number of benzene rings is 2. The Morgan fingerprint density at radius 3 is 3.03 bits per heavy atom. The lowest BCUT2D eigenvalue weighted by atomic mass is 10.0. The van der Waals surface area contributed by atoms with Gasteiger partial charge in [0.15, 0.2) is 0 Å². The van der Waals surface area contributed by atoms with E-state index in [9.17, 15) is 4.79 Å². The maximum absolute atomic E-state index is 11.6. The highest BCUT2D eigenvalue weighted by Gasteiger charge is 2.23. The van der Waals surface area contributed by atoms with E-state index in [0.717, 1.165) is 40.9 Å². The number of nitriles is 1. The van der Waals surface area contributed by atoms with E-state index < -0.39 is 0 Å². The number of amides is 1. The number of thioether (sulfide) groups is 1. The molecule has 2 atom stereocenters. The molecule has 2 aromatic carbocycles. The van der Waals surface area contributed by atoms with E-state index in [1.165, 1.54) is 0 Å². The number of para-hydroxylation sites is 1. The lowest BCUT2D eigenvalue weighted by Crippen LogP contribution is -2.41. The van der Waals surface area contributed by atoms with Crippen LogP contribution in [0.3, 0.4) is 0 Å². The zero-order valence-electron chi connectivity index (χ0n) is 18.0. The van der Waals surface area contributed by atoms with Crippen molar-refractivity contribution in [2.24, 2.45) is 0 Å². The summed E-state index contributed by atoms with van der Waals surface area (Å²) in [5.41, 5.74) is 3.12. The summed E-state index contributed by atoms with van der Waals surface area (Å²) >= 11 is 1.57. The minimum Gasteiger partial charge on any atom is -0.489 e. The van der Waals surface area contributed by atoms with Crippen molar-refractivity contribution in [3.8, 4) is 11.8 Å². The molecule has 0 aliphatic carbocycles. The second-order valence-corrected chi connectivity index (χ2v) is 9.24. The van der Waals surface area contributed by atoms with Crippen LogP contribution in [-0.4, -0.2) is 42.0 Å². The van der Waals surface area contributed by atoms with Gasteiger partial charge in [-0.2, -0.15) is 5.26 Å². The fourth-order valence-corrected chi connectivity index (χ4v) is 4.87. The fraction of sp³-hybridized carbons (Fsp3) is 0.320. The van der Waals surface area contributed by atoms with Gasteiger partial charge in [-0.3, -0.25) is 4.79 Å². The highest BCUT2D eigenvalue weighted by atomic mass is 32.2. The Morgan fingerprint density at radius 1 is 1.24 bits per heavy atom. The molecule has 5 rings (SSSR count). The SMILES string of the molecule is N#Cc1ccc2cccc(OC[C@@H]3CC[C@@H](NCc4ccc5c(c4)NC(=O)CS5)CO3)c2n1. The van der Waals surface area contributed by atoms with E-state index in [1.807, 2.05) is 30.3 Å². The molecule has 1 saturated heterocycles. The molecule has 0 saturated carbocycles. The normalized spacial score (nSPS) is 20.0. The van der Waals surface area contributed by atoms with Crippen molar-refractivity contribution in [2.45, 2.75) is 36.4 Å². The second kappa shape index (κ2) is 9.79. The molecule has 33 heavy (non-hydrogen) atoms. The lowest BCUT2D eigenvalue weighted by molar-refractivity contribution is -0.113. The number of ether oxygens (including phenoxy) is 2. The molecule has 168 valence electrons. The summed E-state index contributed by atoms with van der Waals surface area (Å²) in [6.45, 7) is 1.80. The fourth-order valence-electron chi connectivity index (χ4n) is 4.08. The number of fused-ring (bicyclic) bond motifs is 2. The van der Waals surface area contributed by atoms with Crippen molar-refractivity contribution < 1.29 is 14.3 Å². The summed E-state index contributed by atoms with van der Waals surface area (Å²) in [6.07, 6.45) is 1.92. The van der Waals surface area contributed by atoms with Gasteiger partial charge in [-0.15, -0.1) is 11.8 Å². The third-order valence-electron chi connectivity index (χ3n) is 5.86. The number of nitrogens with zero attached hydrogens (tertiary/aromatic N) is 2. The van der Waals surface area contributed by atoms with Gasteiger partial charge in [-0.05, 0) is 48.7 Å². The molecule has 1 amide bonds. The summed E-state index contributed by atoms with van der Waals surface area (Å²) in [5.74, 6) is 1.20. The Bertz CT molecular complexity index is 1220. The van der Waals surface area contributed by atoms with Gasteiger partial charge in [0.05, 0.1) is 24.2 Å². The minimum absolute atomic E-state index is 0.0217. The molecule has 7 nitrogen and oxygen atoms in total. The van der Waals surface area contributed by atoms with Gasteiger partial charge in [0.1, 0.15) is 29.6 Å². The molecule has 3 heterocycles. The maximum Gasteiger partial charge on any atom is 0.234 e. The molecule has 8 heteroatoms. The van der Waals surface area contributed by atoms with E-state index in [0.29, 0.717) is 35.9 Å². The van der Waals surface area contributed by atoms with Crippen LogP contribution in [0.4, 0.5) is 5.69 Å². The lowest BCUT2D eigenvalue weighted by Gasteiger charge is -2.30. The Labute approximate surface area is 196 Å². The van der Waals surface area contributed by atoms with E-state index in [2.05, 4.69) is 33.8 Å². The van der Waals surface area contributed by atoms with Crippen LogP contribution < -0.4 is 15.4 Å². The number of anilines is 1. The van der Waals surface area contributed by atoms with Crippen LogP contribution in [0.1, 0.15) is 24.1 Å². The van der Waals surface area contributed by atoms with Gasteiger partial charge in [0, 0.05) is 22.9 Å². The van der Waals surface area contributed by atoms with Crippen LogP contribution >= 0.6 is 11.8 Å². The Balaban J connectivity index is 1.11. The van der Waals surface area contributed by atoms with Crippen LogP contribution in [0.25, 0.3) is 10.9 Å². The van der Waals surface area contributed by atoms with Gasteiger partial charge < -0.3 is 20.1 Å². The van der Waals surface area contributed by atoms with Crippen molar-refractivity contribution in [3.05, 3.63) is 59.8 Å². The average molecular weight is 461 g/mol. The summed E-state index contributed by atoms with van der Waals surface area (Å²) in [7, 11) is 0. The first-order valence-electron chi connectivity index (χ1n) is 11.0. The number of carbonyl (C=O) groups excluding carboxylic acids is 1. The first-order chi connectivity index (χ1) is 16.2. The monoisotopic (exact) mass is 460 g/mol. The average Bonchev–Trinajstić information content (AvgIpc) is 2.86. The largest absolute Gasteiger partial charge is 0.489 e. The molecule has 0 spiro atoms. The van der Waals surface area contributed by atoms with E-state index in [1.54, 1.807) is 17.8 Å². The quantitative estimate of drug-likeness (QED) is 0.576. The van der Waals surface area contributed by atoms with Crippen LogP contribution in [0.2, 0.25) is 0 Å². The number of carbonyl (C=O) groups is 1. The number of hydrogen-bond acceptors (Lipinski definition) is 7. The molecule has 0 unspecified atom stereocenters. The molecule has 3 aromatic rings. The molecule has 2 N–H and O–H groups in total. The predicted molar refractivity (Wildman–Crippen MR) is 127 cm³/mol. The first kappa shape index (κ1) is 21.7. The highest BCUT2D eigenvalue weighted by Crippen LogP contribution is 2.32. The summed E-state index contributed by atoms with van der Waals surface area (Å²) in [6, 6.07) is 17.9. The van der Waals surface area contributed by atoms with Crippen molar-refractivity contribution in [1.82, 2.24) is 10.3 Å². The smallest absolute Gasteiger partial charge is 0.234 e. The Kier molecular flexibility index (Phi) is 6.44. The van der Waals surface area contributed by atoms with Crippen molar-refractivity contribution in [3.63, 3.8) is 0 Å². The second-order valence-electron chi connectivity index (χ2n) is 8.23. The zero-order chi connectivity index (χ0) is 22.6. The maximum atomic E-state index is 11.6. The van der Waals surface area contributed by atoms with E-state index >= 15 is 0 Å². The first-order valence-corrected chi connectivity index (χ1v) is 12.0. The van der Waals surface area contributed by atoms with Crippen LogP contribution in [0.15, 0.2) is 53.4 Å². The number of rotatable bonds is 6. The van der Waals surface area contributed by atoms with Gasteiger partial charge in [0.2, 0.25) is 5.91 Å². The summed E-state index contributed by atoms with van der Waals surface area (Å²) in [5, 5.41) is 16.6. The van der Waals surface area contributed by atoms with E-state index in [-0.39, 0.29) is 18.1 Å². The number of pyridine rings is 1. The third-order valence-corrected chi connectivity index (χ3v) is 6.94. The molecule has 0 bridgehead atoms. The number of aromatic nitrogens is 1. The molecule has 2 aliphatic heterocycles. The highest BCUT2D eigenvalue weighted by molar-refractivity contribution is 8.00. The Hall–Kier alpha value is -3.12. The van der Waals surface area contributed by atoms with Crippen LogP contribution in [-0.2, 0) is 16.1 Å². The standard InChI is InChI=1S/C25H24N4O3S/c26-11-18-6-5-17-2-1-3-22(25(17)28-18)32-14-20-8-7-19(13-31-20)27-12-16-4-9-23-21(10-16)29-24(30)15-33-23/h1-6,9-10,19-20,27H,7-8,12-15H2,(H,29,30)/t19-,20+/m1/s1. The van der Waals surface area contributed by atoms with Crippen molar-refractivity contribution in [1.29, 1.82) is 5.26 Å². The molecular weight excluding hydrogens is 436 g/mol. The zero-order valence-corrected chi connectivity index (χ0v) is 18.9. The topological polar surface area (TPSA) is 96.3 Å². The summed E-state index contributed by atoms with van der Waals surface area (Å²) < 4.78 is 12.1.